The highest BCUT2D eigenvalue weighted by atomic mass is 35.5. The van der Waals surface area contributed by atoms with Crippen molar-refractivity contribution in [3.8, 4) is 0 Å². The molecule has 1 unspecified atom stereocenters. The second-order valence-electron chi connectivity index (χ2n) is 6.39. The van der Waals surface area contributed by atoms with Crippen LogP contribution in [-0.4, -0.2) is 29.3 Å². The Labute approximate surface area is 165 Å². The first-order valence-corrected chi connectivity index (χ1v) is 8.52. The predicted octanol–water partition coefficient (Wildman–Crippen LogP) is 3.51. The van der Waals surface area contributed by atoms with Crippen LogP contribution >= 0.6 is 12.4 Å². The number of benzene rings is 2. The summed E-state index contributed by atoms with van der Waals surface area (Å²) in [6.07, 6.45) is 0.117. The molecule has 2 aromatic rings. The lowest BCUT2D eigenvalue weighted by molar-refractivity contribution is -0.136. The Kier molecular flexibility index (Phi) is 8.91. The number of nitrogens with two attached hydrogens (primary N) is 1. The van der Waals surface area contributed by atoms with Crippen LogP contribution in [0.5, 0.6) is 0 Å². The summed E-state index contributed by atoms with van der Waals surface area (Å²) >= 11 is 0. The second-order valence-corrected chi connectivity index (χ2v) is 6.39. The maximum atomic E-state index is 12.9. The summed E-state index contributed by atoms with van der Waals surface area (Å²) in [6.45, 7) is 3.60. The Morgan fingerprint density at radius 1 is 1.07 bits per heavy atom. The van der Waals surface area contributed by atoms with Gasteiger partial charge in [-0.25, -0.2) is 4.39 Å². The summed E-state index contributed by atoms with van der Waals surface area (Å²) < 4.78 is 12.9. The zero-order chi connectivity index (χ0) is 19.1. The first-order chi connectivity index (χ1) is 12.4. The maximum Gasteiger partial charge on any atom is 0.244 e. The summed E-state index contributed by atoms with van der Waals surface area (Å²) in [5, 5.41) is 2.66. The third-order valence-electron chi connectivity index (χ3n) is 4.01. The largest absolute Gasteiger partial charge is 0.331 e. The average Bonchev–Trinajstić information content (AvgIpc) is 2.62. The van der Waals surface area contributed by atoms with Crippen LogP contribution in [0.15, 0.2) is 54.6 Å². The molecule has 2 rings (SSSR count). The number of nitrogens with one attached hydrogen (secondary N) is 1. The number of halogens is 2. The van der Waals surface area contributed by atoms with Gasteiger partial charge in [-0.15, -0.1) is 12.4 Å². The summed E-state index contributed by atoms with van der Waals surface area (Å²) in [5.41, 5.74) is 7.47. The van der Waals surface area contributed by atoms with Gasteiger partial charge in [0.25, 0.3) is 0 Å². The van der Waals surface area contributed by atoms with Crippen LogP contribution in [0.3, 0.4) is 0 Å². The van der Waals surface area contributed by atoms with Crippen molar-refractivity contribution in [2.75, 3.05) is 11.9 Å². The Morgan fingerprint density at radius 3 is 2.22 bits per heavy atom. The minimum absolute atomic E-state index is 0. The fraction of sp³-hybridized carbons (Fsp3) is 0.300. The van der Waals surface area contributed by atoms with E-state index in [1.54, 1.807) is 0 Å². The summed E-state index contributed by atoms with van der Waals surface area (Å²) in [5.74, 6) is -0.908. The van der Waals surface area contributed by atoms with E-state index in [0.29, 0.717) is 5.69 Å². The van der Waals surface area contributed by atoms with Gasteiger partial charge in [-0.1, -0.05) is 30.3 Å². The number of rotatable bonds is 7. The molecule has 7 heteroatoms. The van der Waals surface area contributed by atoms with Crippen LogP contribution in [0.1, 0.15) is 31.9 Å². The van der Waals surface area contributed by atoms with Crippen LogP contribution in [0.25, 0.3) is 0 Å². The van der Waals surface area contributed by atoms with E-state index < -0.39 is 6.04 Å². The molecule has 27 heavy (non-hydrogen) atoms. The van der Waals surface area contributed by atoms with Crippen molar-refractivity contribution < 1.29 is 14.0 Å². The number of nitrogens with zero attached hydrogens (tertiary/aromatic N) is 1. The van der Waals surface area contributed by atoms with Gasteiger partial charge in [-0.05, 0) is 43.7 Å². The van der Waals surface area contributed by atoms with Crippen molar-refractivity contribution in [2.24, 2.45) is 5.73 Å². The van der Waals surface area contributed by atoms with E-state index >= 15 is 0 Å². The van der Waals surface area contributed by atoms with E-state index in [4.69, 9.17) is 5.73 Å². The van der Waals surface area contributed by atoms with E-state index in [9.17, 15) is 14.0 Å². The highest BCUT2D eigenvalue weighted by Gasteiger charge is 2.22. The molecule has 5 nitrogen and oxygen atoms in total. The van der Waals surface area contributed by atoms with Gasteiger partial charge in [0.15, 0.2) is 0 Å². The number of hydrogen-bond acceptors (Lipinski definition) is 3. The lowest BCUT2D eigenvalue weighted by Crippen LogP contribution is -2.43. The van der Waals surface area contributed by atoms with Crippen molar-refractivity contribution in [1.82, 2.24) is 4.90 Å². The van der Waals surface area contributed by atoms with Crippen LogP contribution in [0.2, 0.25) is 0 Å². The van der Waals surface area contributed by atoms with Crippen LogP contribution in [-0.2, 0) is 9.59 Å². The summed E-state index contributed by atoms with van der Waals surface area (Å²) in [4.78, 5) is 26.3. The van der Waals surface area contributed by atoms with Gasteiger partial charge >= 0.3 is 0 Å². The summed E-state index contributed by atoms with van der Waals surface area (Å²) in [7, 11) is 0. The molecule has 146 valence electrons. The smallest absolute Gasteiger partial charge is 0.244 e. The molecule has 0 heterocycles. The fourth-order valence-corrected chi connectivity index (χ4v) is 2.57. The molecule has 1 atom stereocenters. The predicted molar refractivity (Wildman–Crippen MR) is 107 cm³/mol. The summed E-state index contributed by atoms with van der Waals surface area (Å²) in [6, 6.07) is 14.3. The Bertz CT molecular complexity index is 739. The zero-order valence-corrected chi connectivity index (χ0v) is 16.2. The van der Waals surface area contributed by atoms with Gasteiger partial charge in [0.1, 0.15) is 12.4 Å². The highest BCUT2D eigenvalue weighted by molar-refractivity contribution is 5.94. The van der Waals surface area contributed by atoms with Gasteiger partial charge < -0.3 is 16.0 Å². The molecule has 2 amide bonds. The maximum absolute atomic E-state index is 12.9. The quantitative estimate of drug-likeness (QED) is 0.755. The molecule has 0 aliphatic rings. The van der Waals surface area contributed by atoms with E-state index in [1.165, 1.54) is 29.2 Å². The minimum atomic E-state index is -0.426. The third-order valence-corrected chi connectivity index (χ3v) is 4.01. The zero-order valence-electron chi connectivity index (χ0n) is 15.4. The van der Waals surface area contributed by atoms with E-state index in [0.717, 1.165) is 5.56 Å². The first-order valence-electron chi connectivity index (χ1n) is 8.52. The van der Waals surface area contributed by atoms with Gasteiger partial charge in [0, 0.05) is 24.2 Å². The standard InChI is InChI=1S/C20H24FN3O2.ClH/c1-14(2)24(13-19(25)23-17-10-8-16(21)9-11-17)20(26)12-18(22)15-6-4-3-5-7-15;/h3-11,14,18H,12-13,22H2,1-2H3,(H,23,25);1H. The van der Waals surface area contributed by atoms with Crippen molar-refractivity contribution in [1.29, 1.82) is 0 Å². The molecule has 3 N–H and O–H groups in total. The SMILES string of the molecule is CC(C)N(CC(=O)Nc1ccc(F)cc1)C(=O)CC(N)c1ccccc1.Cl. The lowest BCUT2D eigenvalue weighted by atomic mass is 10.0. The van der Waals surface area contributed by atoms with Gasteiger partial charge in [0.05, 0.1) is 0 Å². The average molecular weight is 394 g/mol. The van der Waals surface area contributed by atoms with Crippen molar-refractivity contribution in [3.05, 3.63) is 66.0 Å². The molecule has 0 fully saturated rings. The Balaban J connectivity index is 0.00000364. The van der Waals surface area contributed by atoms with Gasteiger partial charge in [-0.2, -0.15) is 0 Å². The van der Waals surface area contributed by atoms with Gasteiger partial charge in [0.2, 0.25) is 11.8 Å². The molecule has 0 spiro atoms. The van der Waals surface area contributed by atoms with E-state index in [2.05, 4.69) is 5.32 Å². The Hall–Kier alpha value is -2.44. The molecule has 0 saturated carbocycles. The molecule has 2 aromatic carbocycles. The number of anilines is 1. The molecular formula is C20H25ClFN3O2. The van der Waals surface area contributed by atoms with E-state index in [-0.39, 0.29) is 49.0 Å². The van der Waals surface area contributed by atoms with Crippen molar-refractivity contribution in [2.45, 2.75) is 32.4 Å². The number of hydrogen-bond donors (Lipinski definition) is 2. The highest BCUT2D eigenvalue weighted by Crippen LogP contribution is 2.16. The normalized spacial score (nSPS) is 11.4. The monoisotopic (exact) mass is 393 g/mol. The number of carbonyl (C=O) groups is 2. The number of carbonyl (C=O) groups excluding carboxylic acids is 2. The van der Waals surface area contributed by atoms with Crippen LogP contribution in [0, 0.1) is 5.82 Å². The number of amides is 2. The Morgan fingerprint density at radius 2 is 1.67 bits per heavy atom. The first kappa shape index (κ1) is 22.6. The van der Waals surface area contributed by atoms with Crippen molar-refractivity contribution >= 4 is 29.9 Å². The molecule has 0 aromatic heterocycles. The molecule has 0 aliphatic carbocycles. The fourth-order valence-electron chi connectivity index (χ4n) is 2.57. The third kappa shape index (κ3) is 7.00. The van der Waals surface area contributed by atoms with Gasteiger partial charge in [-0.3, -0.25) is 9.59 Å². The topological polar surface area (TPSA) is 75.4 Å². The van der Waals surface area contributed by atoms with Crippen molar-refractivity contribution in [3.63, 3.8) is 0 Å². The molecule has 0 radical (unpaired) electrons. The van der Waals surface area contributed by atoms with Crippen LogP contribution < -0.4 is 11.1 Å². The van der Waals surface area contributed by atoms with Crippen LogP contribution in [0.4, 0.5) is 10.1 Å². The molecule has 0 aliphatic heterocycles. The molecular weight excluding hydrogens is 369 g/mol. The minimum Gasteiger partial charge on any atom is -0.331 e. The lowest BCUT2D eigenvalue weighted by Gasteiger charge is -2.27. The molecule has 0 saturated heterocycles. The van der Waals surface area contributed by atoms with E-state index in [1.807, 2.05) is 44.2 Å². The molecule has 0 bridgehead atoms. The second kappa shape index (κ2) is 10.6.